The van der Waals surface area contributed by atoms with Crippen LogP contribution in [0.4, 0.5) is 4.39 Å². The van der Waals surface area contributed by atoms with Gasteiger partial charge in [0.25, 0.3) is 0 Å². The fourth-order valence-corrected chi connectivity index (χ4v) is 2.69. The molecule has 0 amide bonds. The Balaban J connectivity index is 2.15. The predicted octanol–water partition coefficient (Wildman–Crippen LogP) is 2.58. The first-order chi connectivity index (χ1) is 9.09. The summed E-state index contributed by atoms with van der Waals surface area (Å²) < 4.78 is 24.2. The molecule has 1 aromatic carbocycles. The predicted molar refractivity (Wildman–Crippen MR) is 70.9 cm³/mol. The maximum Gasteiger partial charge on any atom is 0.142 e. The van der Waals surface area contributed by atoms with Gasteiger partial charge in [-0.1, -0.05) is 23.7 Å². The van der Waals surface area contributed by atoms with E-state index in [1.165, 1.54) is 6.07 Å². The first-order valence-electron chi connectivity index (χ1n) is 6.33. The Morgan fingerprint density at radius 3 is 2.79 bits per heavy atom. The third-order valence-corrected chi connectivity index (χ3v) is 4.22. The van der Waals surface area contributed by atoms with Gasteiger partial charge in [-0.25, -0.2) is 4.39 Å². The zero-order valence-corrected chi connectivity index (χ0v) is 11.6. The van der Waals surface area contributed by atoms with Gasteiger partial charge in [0, 0.05) is 39.6 Å². The van der Waals surface area contributed by atoms with Crippen molar-refractivity contribution in [3.8, 4) is 0 Å². The number of halogens is 2. The molecule has 2 rings (SSSR count). The third-order valence-electron chi connectivity index (χ3n) is 3.80. The average Bonchev–Trinajstić information content (AvgIpc) is 2.44. The Morgan fingerprint density at radius 2 is 2.16 bits per heavy atom. The standard InChI is InChI=1S/C14H18ClFO3/c1-18-14(5-7-19-8-6-14)12(17)9-10-3-2-4-11(16)13(10)15/h2-4,12,17H,5-9H2,1H3. The normalized spacial score (nSPS) is 20.2. The highest BCUT2D eigenvalue weighted by Crippen LogP contribution is 2.31. The molecule has 1 aromatic rings. The number of benzene rings is 1. The van der Waals surface area contributed by atoms with Gasteiger partial charge >= 0.3 is 0 Å². The number of rotatable bonds is 4. The van der Waals surface area contributed by atoms with E-state index in [1.54, 1.807) is 19.2 Å². The lowest BCUT2D eigenvalue weighted by molar-refractivity contribution is -0.151. The van der Waals surface area contributed by atoms with Gasteiger partial charge < -0.3 is 14.6 Å². The third kappa shape index (κ3) is 3.08. The van der Waals surface area contributed by atoms with E-state index in [0.29, 0.717) is 31.6 Å². The minimum absolute atomic E-state index is 0.0693. The van der Waals surface area contributed by atoms with E-state index in [9.17, 15) is 9.50 Å². The lowest BCUT2D eigenvalue weighted by Crippen LogP contribution is -2.49. The topological polar surface area (TPSA) is 38.7 Å². The highest BCUT2D eigenvalue weighted by atomic mass is 35.5. The lowest BCUT2D eigenvalue weighted by atomic mass is 9.84. The van der Waals surface area contributed by atoms with Gasteiger partial charge in [-0.2, -0.15) is 0 Å². The van der Waals surface area contributed by atoms with E-state index in [2.05, 4.69) is 0 Å². The van der Waals surface area contributed by atoms with Gasteiger partial charge in [-0.15, -0.1) is 0 Å². The molecule has 0 aromatic heterocycles. The Morgan fingerprint density at radius 1 is 1.47 bits per heavy atom. The molecule has 1 saturated heterocycles. The number of hydrogen-bond donors (Lipinski definition) is 1. The second kappa shape index (κ2) is 6.18. The number of methoxy groups -OCH3 is 1. The largest absolute Gasteiger partial charge is 0.390 e. The molecule has 106 valence electrons. The highest BCUT2D eigenvalue weighted by molar-refractivity contribution is 6.31. The second-order valence-corrected chi connectivity index (χ2v) is 5.19. The second-order valence-electron chi connectivity index (χ2n) is 4.81. The molecule has 0 radical (unpaired) electrons. The van der Waals surface area contributed by atoms with E-state index >= 15 is 0 Å². The van der Waals surface area contributed by atoms with Crippen molar-refractivity contribution in [2.24, 2.45) is 0 Å². The van der Waals surface area contributed by atoms with Gasteiger partial charge in [0.15, 0.2) is 0 Å². The molecule has 1 aliphatic rings. The number of ether oxygens (including phenoxy) is 2. The summed E-state index contributed by atoms with van der Waals surface area (Å²) in [4.78, 5) is 0. The van der Waals surface area contributed by atoms with Crippen molar-refractivity contribution in [3.05, 3.63) is 34.6 Å². The average molecular weight is 289 g/mol. The Labute approximate surface area is 117 Å². The molecule has 1 unspecified atom stereocenters. The van der Waals surface area contributed by atoms with Crippen molar-refractivity contribution in [3.63, 3.8) is 0 Å². The fourth-order valence-electron chi connectivity index (χ4n) is 2.49. The Kier molecular flexibility index (Phi) is 4.79. The van der Waals surface area contributed by atoms with Crippen molar-refractivity contribution < 1.29 is 19.0 Å². The summed E-state index contributed by atoms with van der Waals surface area (Å²) >= 11 is 5.91. The Bertz CT molecular complexity index is 433. The molecule has 19 heavy (non-hydrogen) atoms. The smallest absolute Gasteiger partial charge is 0.142 e. The first kappa shape index (κ1) is 14.7. The molecule has 0 bridgehead atoms. The molecule has 1 fully saturated rings. The molecule has 5 heteroatoms. The van der Waals surface area contributed by atoms with E-state index in [-0.39, 0.29) is 11.4 Å². The van der Waals surface area contributed by atoms with Gasteiger partial charge in [0.1, 0.15) is 5.82 Å². The fraction of sp³-hybridized carbons (Fsp3) is 0.571. The zero-order valence-electron chi connectivity index (χ0n) is 10.9. The van der Waals surface area contributed by atoms with Crippen LogP contribution in [0, 0.1) is 5.82 Å². The molecule has 1 N–H and O–H groups in total. The molecule has 0 saturated carbocycles. The van der Waals surface area contributed by atoms with Crippen molar-refractivity contribution in [1.29, 1.82) is 0 Å². The van der Waals surface area contributed by atoms with Crippen LogP contribution in [0.1, 0.15) is 18.4 Å². The number of aliphatic hydroxyl groups is 1. The molecular formula is C14H18ClFO3. The van der Waals surface area contributed by atoms with Gasteiger partial charge in [-0.05, 0) is 11.6 Å². The van der Waals surface area contributed by atoms with Gasteiger partial charge in [0.2, 0.25) is 0 Å². The monoisotopic (exact) mass is 288 g/mol. The molecule has 0 aliphatic carbocycles. The summed E-state index contributed by atoms with van der Waals surface area (Å²) in [6.07, 6.45) is 0.778. The van der Waals surface area contributed by atoms with Gasteiger partial charge in [-0.3, -0.25) is 0 Å². The molecule has 0 spiro atoms. The van der Waals surface area contributed by atoms with Crippen LogP contribution in [0.3, 0.4) is 0 Å². The summed E-state index contributed by atoms with van der Waals surface area (Å²) in [6, 6.07) is 4.61. The van der Waals surface area contributed by atoms with Gasteiger partial charge in [0.05, 0.1) is 16.7 Å². The summed E-state index contributed by atoms with van der Waals surface area (Å²) in [6.45, 7) is 1.11. The highest BCUT2D eigenvalue weighted by Gasteiger charge is 2.40. The van der Waals surface area contributed by atoms with Crippen LogP contribution in [0.25, 0.3) is 0 Å². The quantitative estimate of drug-likeness (QED) is 0.925. The minimum atomic E-state index is -0.735. The summed E-state index contributed by atoms with van der Waals surface area (Å²) in [7, 11) is 1.59. The first-order valence-corrected chi connectivity index (χ1v) is 6.71. The molecule has 3 nitrogen and oxygen atoms in total. The van der Waals surface area contributed by atoms with Crippen LogP contribution >= 0.6 is 11.6 Å². The van der Waals surface area contributed by atoms with E-state index in [0.717, 1.165) is 0 Å². The zero-order chi connectivity index (χ0) is 13.9. The number of aliphatic hydroxyl groups excluding tert-OH is 1. The molecular weight excluding hydrogens is 271 g/mol. The van der Waals surface area contributed by atoms with Crippen molar-refractivity contribution in [1.82, 2.24) is 0 Å². The summed E-state index contributed by atoms with van der Waals surface area (Å²) in [5, 5.41) is 10.5. The van der Waals surface area contributed by atoms with Crippen LogP contribution in [0.2, 0.25) is 5.02 Å². The maximum absolute atomic E-state index is 13.4. The van der Waals surface area contributed by atoms with Crippen LogP contribution < -0.4 is 0 Å². The molecule has 1 atom stereocenters. The minimum Gasteiger partial charge on any atom is -0.390 e. The molecule has 1 heterocycles. The van der Waals surface area contributed by atoms with Crippen LogP contribution in [0.15, 0.2) is 18.2 Å². The van der Waals surface area contributed by atoms with E-state index < -0.39 is 17.5 Å². The summed E-state index contributed by atoms with van der Waals surface area (Å²) in [5.41, 5.74) is -0.0365. The lowest BCUT2D eigenvalue weighted by Gasteiger charge is -2.39. The van der Waals surface area contributed by atoms with E-state index in [4.69, 9.17) is 21.1 Å². The van der Waals surface area contributed by atoms with Crippen LogP contribution in [-0.2, 0) is 15.9 Å². The summed E-state index contributed by atoms with van der Waals surface area (Å²) in [5.74, 6) is -0.468. The van der Waals surface area contributed by atoms with Crippen LogP contribution in [-0.4, -0.2) is 37.1 Å². The van der Waals surface area contributed by atoms with Crippen LogP contribution in [0.5, 0.6) is 0 Å². The maximum atomic E-state index is 13.4. The van der Waals surface area contributed by atoms with Crippen molar-refractivity contribution in [2.75, 3.05) is 20.3 Å². The van der Waals surface area contributed by atoms with Crippen molar-refractivity contribution >= 4 is 11.6 Å². The number of hydrogen-bond acceptors (Lipinski definition) is 3. The Hall–Kier alpha value is -0.680. The van der Waals surface area contributed by atoms with Crippen molar-refractivity contribution in [2.45, 2.75) is 31.0 Å². The molecule has 1 aliphatic heterocycles. The van der Waals surface area contributed by atoms with E-state index in [1.807, 2.05) is 0 Å². The SMILES string of the molecule is COC1(C(O)Cc2cccc(F)c2Cl)CCOCC1.